The second kappa shape index (κ2) is 15.5. The zero-order chi connectivity index (χ0) is 26.4. The van der Waals surface area contributed by atoms with Gasteiger partial charge in [0.25, 0.3) is 5.91 Å². The van der Waals surface area contributed by atoms with Gasteiger partial charge in [0.2, 0.25) is 0 Å². The van der Waals surface area contributed by atoms with Crippen molar-refractivity contribution in [2.75, 3.05) is 32.8 Å². The molecule has 0 heterocycles. The lowest BCUT2D eigenvalue weighted by Gasteiger charge is -2.28. The monoisotopic (exact) mass is 506 g/mol. The van der Waals surface area contributed by atoms with E-state index in [1.165, 1.54) is 12.1 Å². The van der Waals surface area contributed by atoms with Gasteiger partial charge in [-0.15, -0.1) is 0 Å². The minimum atomic E-state index is -4.38. The van der Waals surface area contributed by atoms with E-state index in [0.717, 1.165) is 76.0 Å². The van der Waals surface area contributed by atoms with Crippen molar-refractivity contribution in [1.82, 2.24) is 9.80 Å². The van der Waals surface area contributed by atoms with Crippen LogP contribution < -0.4 is 4.74 Å². The molecule has 4 nitrogen and oxygen atoms in total. The number of hydrogen-bond donors (Lipinski definition) is 0. The van der Waals surface area contributed by atoms with Crippen LogP contribution in [0, 0.1) is 0 Å². The van der Waals surface area contributed by atoms with Crippen molar-refractivity contribution >= 4 is 5.91 Å². The highest BCUT2D eigenvalue weighted by atomic mass is 19.4. The van der Waals surface area contributed by atoms with Gasteiger partial charge in [-0.2, -0.15) is 13.2 Å². The predicted octanol–water partition coefficient (Wildman–Crippen LogP) is 7.43. The fourth-order valence-corrected chi connectivity index (χ4v) is 3.84. The number of hydrogen-bond acceptors (Lipinski definition) is 3. The van der Waals surface area contributed by atoms with E-state index in [0.29, 0.717) is 24.3 Å². The molecule has 0 aliphatic heterocycles. The Labute approximate surface area is 214 Å². The summed E-state index contributed by atoms with van der Waals surface area (Å²) in [6, 6.07) is 12.2. The molecule has 200 valence electrons. The van der Waals surface area contributed by atoms with Gasteiger partial charge in [-0.25, -0.2) is 0 Å². The Morgan fingerprint density at radius 2 is 1.36 bits per heavy atom. The van der Waals surface area contributed by atoms with Gasteiger partial charge in [0, 0.05) is 25.2 Å². The van der Waals surface area contributed by atoms with Crippen molar-refractivity contribution in [2.45, 2.75) is 72.0 Å². The van der Waals surface area contributed by atoms with E-state index >= 15 is 0 Å². The van der Waals surface area contributed by atoms with Crippen molar-refractivity contribution in [2.24, 2.45) is 0 Å². The van der Waals surface area contributed by atoms with Crippen LogP contribution in [-0.2, 0) is 12.7 Å². The summed E-state index contributed by atoms with van der Waals surface area (Å²) in [6.45, 7) is 10.5. The van der Waals surface area contributed by atoms with Crippen LogP contribution in [0.15, 0.2) is 48.5 Å². The molecule has 0 radical (unpaired) electrons. The maximum Gasteiger partial charge on any atom is 0.416 e. The summed E-state index contributed by atoms with van der Waals surface area (Å²) in [6.07, 6.45) is 2.02. The summed E-state index contributed by atoms with van der Waals surface area (Å²) in [5.74, 6) is 0.584. The lowest BCUT2D eigenvalue weighted by Crippen LogP contribution is -2.39. The number of unbranched alkanes of at least 4 members (excludes halogenated alkanes) is 3. The second-order valence-corrected chi connectivity index (χ2v) is 9.20. The third-order valence-corrected chi connectivity index (χ3v) is 6.15. The Hall–Kier alpha value is -2.54. The van der Waals surface area contributed by atoms with Gasteiger partial charge in [0.05, 0.1) is 12.2 Å². The molecule has 0 aromatic heterocycles. The molecule has 2 aromatic carbocycles. The van der Waals surface area contributed by atoms with Crippen LogP contribution in [-0.4, -0.2) is 48.5 Å². The Bertz CT molecular complexity index is 875. The minimum Gasteiger partial charge on any atom is -0.494 e. The Morgan fingerprint density at radius 1 is 0.778 bits per heavy atom. The van der Waals surface area contributed by atoms with Gasteiger partial charge < -0.3 is 14.5 Å². The molecule has 0 unspecified atom stereocenters. The number of alkyl halides is 3. The molecule has 0 N–H and O–H groups in total. The van der Waals surface area contributed by atoms with Gasteiger partial charge in [0.1, 0.15) is 5.75 Å². The predicted molar refractivity (Wildman–Crippen MR) is 139 cm³/mol. The van der Waals surface area contributed by atoms with Crippen molar-refractivity contribution < 1.29 is 22.7 Å². The Morgan fingerprint density at radius 3 is 1.89 bits per heavy atom. The first-order valence-corrected chi connectivity index (χ1v) is 13.2. The number of nitrogens with zero attached hydrogens (tertiary/aromatic N) is 2. The molecule has 36 heavy (non-hydrogen) atoms. The van der Waals surface area contributed by atoms with E-state index in [9.17, 15) is 18.0 Å². The molecule has 0 saturated carbocycles. The maximum absolute atomic E-state index is 13.5. The molecule has 0 aliphatic rings. The fourth-order valence-electron chi connectivity index (χ4n) is 3.84. The highest BCUT2D eigenvalue weighted by Gasteiger charge is 2.30. The molecule has 0 bridgehead atoms. The Balaban J connectivity index is 2.17. The zero-order valence-corrected chi connectivity index (χ0v) is 21.9. The lowest BCUT2D eigenvalue weighted by atomic mass is 10.1. The van der Waals surface area contributed by atoms with Crippen molar-refractivity contribution in [3.05, 3.63) is 65.2 Å². The number of benzene rings is 2. The maximum atomic E-state index is 13.5. The van der Waals surface area contributed by atoms with E-state index < -0.39 is 11.7 Å². The van der Waals surface area contributed by atoms with Crippen molar-refractivity contribution in [3.8, 4) is 5.75 Å². The first kappa shape index (κ1) is 29.7. The number of ether oxygens (including phenoxy) is 1. The van der Waals surface area contributed by atoms with Gasteiger partial charge in [-0.1, -0.05) is 52.2 Å². The van der Waals surface area contributed by atoms with E-state index in [1.54, 1.807) is 29.2 Å². The summed E-state index contributed by atoms with van der Waals surface area (Å²) >= 11 is 0. The SMILES string of the molecule is CCCCOc1ccc(C(=O)N(CCN(CCCC)CCCC)Cc2ccc(C(F)(F)F)cc2)cc1. The normalized spacial score (nSPS) is 11.6. The topological polar surface area (TPSA) is 32.8 Å². The molecule has 2 aromatic rings. The third kappa shape index (κ3) is 10.2. The standard InChI is InChI=1S/C29H41F3N2O2/c1-4-7-18-33(19-8-5-2)20-21-34(23-24-10-14-26(15-11-24)29(30,31)32)28(35)25-12-16-27(17-13-25)36-22-9-6-3/h10-17H,4-9,18-23H2,1-3H3. The van der Waals surface area contributed by atoms with E-state index in [-0.39, 0.29) is 12.5 Å². The van der Waals surface area contributed by atoms with Gasteiger partial charge in [0.15, 0.2) is 0 Å². The van der Waals surface area contributed by atoms with Crippen LogP contribution in [0.5, 0.6) is 5.75 Å². The molecule has 7 heteroatoms. The van der Waals surface area contributed by atoms with E-state index in [2.05, 4.69) is 25.7 Å². The molecule has 1 amide bonds. The molecular weight excluding hydrogens is 465 g/mol. The first-order chi connectivity index (χ1) is 17.3. The van der Waals surface area contributed by atoms with Gasteiger partial charge in [-0.05, 0) is 74.3 Å². The second-order valence-electron chi connectivity index (χ2n) is 9.20. The minimum absolute atomic E-state index is 0.138. The Kier molecular flexibility index (Phi) is 12.8. The fraction of sp³-hybridized carbons (Fsp3) is 0.552. The quantitative estimate of drug-likeness (QED) is 0.222. The van der Waals surface area contributed by atoms with Crippen LogP contribution in [0.1, 0.15) is 80.8 Å². The first-order valence-electron chi connectivity index (χ1n) is 13.2. The highest BCUT2D eigenvalue weighted by molar-refractivity contribution is 5.94. The summed E-state index contributed by atoms with van der Waals surface area (Å²) in [5, 5.41) is 0. The molecule has 0 atom stereocenters. The average molecular weight is 507 g/mol. The molecule has 0 aliphatic carbocycles. The zero-order valence-electron chi connectivity index (χ0n) is 21.9. The number of halogens is 3. The summed E-state index contributed by atoms with van der Waals surface area (Å²) < 4.78 is 44.7. The highest BCUT2D eigenvalue weighted by Crippen LogP contribution is 2.29. The number of carbonyl (C=O) groups excluding carboxylic acids is 1. The summed E-state index contributed by atoms with van der Waals surface area (Å²) in [7, 11) is 0. The van der Waals surface area contributed by atoms with E-state index in [4.69, 9.17) is 4.74 Å². The van der Waals surface area contributed by atoms with Crippen LogP contribution in [0.25, 0.3) is 0 Å². The number of carbonyl (C=O) groups is 1. The molecular formula is C29H41F3N2O2. The molecule has 2 rings (SSSR count). The summed E-state index contributed by atoms with van der Waals surface area (Å²) in [5.41, 5.74) is 0.524. The molecule has 0 saturated heterocycles. The lowest BCUT2D eigenvalue weighted by molar-refractivity contribution is -0.137. The number of amides is 1. The van der Waals surface area contributed by atoms with Gasteiger partial charge in [-0.3, -0.25) is 4.79 Å². The van der Waals surface area contributed by atoms with Crippen LogP contribution in [0.3, 0.4) is 0 Å². The van der Waals surface area contributed by atoms with Crippen LogP contribution in [0.2, 0.25) is 0 Å². The largest absolute Gasteiger partial charge is 0.494 e. The molecule has 0 fully saturated rings. The van der Waals surface area contributed by atoms with Crippen LogP contribution >= 0.6 is 0 Å². The molecule has 0 spiro atoms. The third-order valence-electron chi connectivity index (χ3n) is 6.15. The van der Waals surface area contributed by atoms with Gasteiger partial charge >= 0.3 is 6.18 Å². The van der Waals surface area contributed by atoms with E-state index in [1.807, 2.05) is 0 Å². The number of rotatable bonds is 16. The van der Waals surface area contributed by atoms with Crippen molar-refractivity contribution in [1.29, 1.82) is 0 Å². The summed E-state index contributed by atoms with van der Waals surface area (Å²) in [4.78, 5) is 17.6. The van der Waals surface area contributed by atoms with Crippen molar-refractivity contribution in [3.63, 3.8) is 0 Å². The smallest absolute Gasteiger partial charge is 0.416 e. The average Bonchev–Trinajstić information content (AvgIpc) is 2.87. The van der Waals surface area contributed by atoms with Crippen LogP contribution in [0.4, 0.5) is 13.2 Å².